The van der Waals surface area contributed by atoms with Crippen LogP contribution in [0.5, 0.6) is 0 Å². The first-order valence-electron chi connectivity index (χ1n) is 6.29. The Morgan fingerprint density at radius 1 is 1.33 bits per heavy atom. The van der Waals surface area contributed by atoms with Gasteiger partial charge in [0, 0.05) is 18.0 Å². The third-order valence-electron chi connectivity index (χ3n) is 2.96. The Kier molecular flexibility index (Phi) is 5.13. The van der Waals surface area contributed by atoms with E-state index in [1.165, 1.54) is 15.9 Å². The number of hydroxylamine groups is 1. The van der Waals surface area contributed by atoms with Crippen LogP contribution in [0.3, 0.4) is 0 Å². The van der Waals surface area contributed by atoms with Gasteiger partial charge in [-0.25, -0.2) is 5.48 Å². The van der Waals surface area contributed by atoms with E-state index in [1.54, 1.807) is 0 Å². The Hall–Kier alpha value is -2.12. The lowest BCUT2D eigenvalue weighted by Gasteiger charge is -2.11. The van der Waals surface area contributed by atoms with Gasteiger partial charge in [0.25, 0.3) is 5.91 Å². The fraction of sp³-hybridized carbons (Fsp3) is 0.214. The monoisotopic (exact) mass is 306 g/mol. The van der Waals surface area contributed by atoms with Gasteiger partial charge >= 0.3 is 0 Å². The molecule has 0 bridgehead atoms. The lowest BCUT2D eigenvalue weighted by atomic mass is 10.00. The predicted octanol–water partition coefficient (Wildman–Crippen LogP) is 0.924. The number of rotatable bonds is 5. The average Bonchev–Trinajstić information content (AvgIpc) is 2.76. The van der Waals surface area contributed by atoms with Crippen LogP contribution >= 0.6 is 11.9 Å². The Balaban J connectivity index is 1.97. The highest BCUT2D eigenvalue weighted by Crippen LogP contribution is 2.30. The molecule has 0 aliphatic carbocycles. The van der Waals surface area contributed by atoms with Crippen molar-refractivity contribution in [2.45, 2.75) is 6.42 Å². The third kappa shape index (κ3) is 3.93. The van der Waals surface area contributed by atoms with Gasteiger partial charge in [-0.3, -0.25) is 23.9 Å². The van der Waals surface area contributed by atoms with Gasteiger partial charge in [0.15, 0.2) is 0 Å². The molecule has 0 radical (unpaired) electrons. The minimum absolute atomic E-state index is 0.133. The molecule has 6 nitrogen and oxygen atoms in total. The average molecular weight is 306 g/mol. The quantitative estimate of drug-likeness (QED) is 0.278. The second-order valence-corrected chi connectivity index (χ2v) is 5.46. The topological polar surface area (TPSA) is 86.7 Å². The van der Waals surface area contributed by atoms with Crippen molar-refractivity contribution >= 4 is 28.9 Å². The molecule has 0 saturated carbocycles. The number of amides is 2. The van der Waals surface area contributed by atoms with Crippen LogP contribution in [-0.4, -0.2) is 33.0 Å². The van der Waals surface area contributed by atoms with Crippen molar-refractivity contribution in [3.63, 3.8) is 0 Å². The Labute approximate surface area is 125 Å². The molecule has 1 heterocycles. The highest BCUT2D eigenvalue weighted by atomic mass is 32.2. The Bertz CT molecular complexity index is 574. The van der Waals surface area contributed by atoms with Gasteiger partial charge < -0.3 is 0 Å². The van der Waals surface area contributed by atoms with Crippen molar-refractivity contribution in [1.82, 2.24) is 9.79 Å². The number of carbonyl (C=O) groups excluding carboxylic acids is 3. The summed E-state index contributed by atoms with van der Waals surface area (Å²) in [6, 6.07) is 9.35. The van der Waals surface area contributed by atoms with E-state index >= 15 is 0 Å². The molecule has 1 aliphatic rings. The predicted molar refractivity (Wildman–Crippen MR) is 77.0 cm³/mol. The van der Waals surface area contributed by atoms with E-state index in [4.69, 9.17) is 5.21 Å². The summed E-state index contributed by atoms with van der Waals surface area (Å²) in [5.74, 6) is -1.63. The summed E-state index contributed by atoms with van der Waals surface area (Å²) in [5.41, 5.74) is 2.38. The maximum Gasteiger partial charge on any atom is 0.267 e. The summed E-state index contributed by atoms with van der Waals surface area (Å²) in [7, 11) is 0. The fourth-order valence-electron chi connectivity index (χ4n) is 1.93. The van der Waals surface area contributed by atoms with E-state index in [0.717, 1.165) is 23.6 Å². The normalized spacial score (nSPS) is 18.5. The number of benzene rings is 1. The summed E-state index contributed by atoms with van der Waals surface area (Å²) in [5, 5.41) is 8.15. The Morgan fingerprint density at radius 2 is 2.05 bits per heavy atom. The van der Waals surface area contributed by atoms with Crippen molar-refractivity contribution < 1.29 is 19.6 Å². The number of nitrogens with zero attached hydrogens (tertiary/aromatic N) is 1. The molecular weight excluding hydrogens is 292 g/mol. The number of carbonyl (C=O) groups is 3. The molecule has 7 heteroatoms. The zero-order valence-corrected chi connectivity index (χ0v) is 11.9. The largest absolute Gasteiger partial charge is 0.288 e. The summed E-state index contributed by atoms with van der Waals surface area (Å²) in [4.78, 5) is 34.9. The van der Waals surface area contributed by atoms with Crippen molar-refractivity contribution in [2.24, 2.45) is 5.92 Å². The molecule has 2 amide bonds. The molecule has 1 saturated heterocycles. The van der Waals surface area contributed by atoms with Gasteiger partial charge in [-0.1, -0.05) is 36.4 Å². The van der Waals surface area contributed by atoms with Gasteiger partial charge in [0.05, 0.1) is 6.54 Å². The molecule has 2 N–H and O–H groups in total. The van der Waals surface area contributed by atoms with Crippen molar-refractivity contribution in [2.75, 3.05) is 6.54 Å². The van der Waals surface area contributed by atoms with Gasteiger partial charge in [-0.05, 0) is 12.0 Å². The lowest BCUT2D eigenvalue weighted by molar-refractivity contribution is -0.131. The standard InChI is InChI=1S/C14H14N2O4S/c17-12(15-20)7-4-8-16-13(18)11(14(19)21-16)9-10-5-2-1-3-6-10/h1-7,11,20H,8-9H2,(H,15,17)/b7-4+. The smallest absolute Gasteiger partial charge is 0.267 e. The number of hydrogen-bond acceptors (Lipinski definition) is 5. The Morgan fingerprint density at radius 3 is 2.71 bits per heavy atom. The third-order valence-corrected chi connectivity index (χ3v) is 3.98. The van der Waals surface area contributed by atoms with E-state index in [-0.39, 0.29) is 17.6 Å². The van der Waals surface area contributed by atoms with E-state index in [2.05, 4.69) is 0 Å². The van der Waals surface area contributed by atoms with Crippen LogP contribution in [0.4, 0.5) is 0 Å². The first-order chi connectivity index (χ1) is 10.1. The second kappa shape index (κ2) is 7.05. The molecule has 0 spiro atoms. The van der Waals surface area contributed by atoms with Crippen molar-refractivity contribution in [3.8, 4) is 0 Å². The number of nitrogens with one attached hydrogen (secondary N) is 1. The molecule has 110 valence electrons. The van der Waals surface area contributed by atoms with Crippen molar-refractivity contribution in [3.05, 3.63) is 48.0 Å². The highest BCUT2D eigenvalue weighted by Gasteiger charge is 2.39. The fourth-order valence-corrected chi connectivity index (χ4v) is 2.84. The van der Waals surface area contributed by atoms with Gasteiger partial charge in [-0.15, -0.1) is 0 Å². The first-order valence-corrected chi connectivity index (χ1v) is 7.07. The van der Waals surface area contributed by atoms with Crippen LogP contribution in [0.2, 0.25) is 0 Å². The number of hydrogen-bond donors (Lipinski definition) is 2. The maximum absolute atomic E-state index is 12.2. The molecule has 1 aliphatic heterocycles. The van der Waals surface area contributed by atoms with Crippen molar-refractivity contribution in [1.29, 1.82) is 0 Å². The van der Waals surface area contributed by atoms with Crippen LogP contribution in [0, 0.1) is 5.92 Å². The molecule has 1 atom stereocenters. The zero-order valence-electron chi connectivity index (χ0n) is 11.1. The second-order valence-electron chi connectivity index (χ2n) is 4.43. The van der Waals surface area contributed by atoms with Gasteiger partial charge in [-0.2, -0.15) is 0 Å². The van der Waals surface area contributed by atoms with E-state index < -0.39 is 11.8 Å². The van der Waals surface area contributed by atoms with Crippen LogP contribution in [0.25, 0.3) is 0 Å². The molecule has 1 fully saturated rings. The zero-order chi connectivity index (χ0) is 15.2. The van der Waals surface area contributed by atoms with Crippen LogP contribution in [-0.2, 0) is 20.8 Å². The molecule has 21 heavy (non-hydrogen) atoms. The molecule has 1 aromatic rings. The molecule has 2 rings (SSSR count). The summed E-state index contributed by atoms with van der Waals surface area (Å²) in [6.45, 7) is 0.133. The van der Waals surface area contributed by atoms with E-state index in [0.29, 0.717) is 6.42 Å². The lowest BCUT2D eigenvalue weighted by Crippen LogP contribution is -2.26. The summed E-state index contributed by atoms with van der Waals surface area (Å²) < 4.78 is 1.32. The highest BCUT2D eigenvalue weighted by molar-refractivity contribution is 8.12. The molecule has 1 unspecified atom stereocenters. The molecule has 1 aromatic carbocycles. The van der Waals surface area contributed by atoms with Gasteiger partial charge in [0.2, 0.25) is 11.0 Å². The summed E-state index contributed by atoms with van der Waals surface area (Å²) in [6.07, 6.45) is 2.89. The SMILES string of the molecule is O=C(/C=C/CN1SC(=O)C(Cc2ccccc2)C1=O)NO. The minimum Gasteiger partial charge on any atom is -0.288 e. The van der Waals surface area contributed by atoms with Crippen LogP contribution in [0.1, 0.15) is 5.56 Å². The molecule has 0 aromatic heterocycles. The maximum atomic E-state index is 12.2. The first kappa shape index (κ1) is 15.3. The molecular formula is C14H14N2O4S. The van der Waals surface area contributed by atoms with Crippen LogP contribution < -0.4 is 5.48 Å². The van der Waals surface area contributed by atoms with Gasteiger partial charge in [0.1, 0.15) is 5.92 Å². The minimum atomic E-state index is -0.683. The van der Waals surface area contributed by atoms with E-state index in [9.17, 15) is 14.4 Å². The summed E-state index contributed by atoms with van der Waals surface area (Å²) >= 11 is 0.860. The van der Waals surface area contributed by atoms with Crippen LogP contribution in [0.15, 0.2) is 42.5 Å². The van der Waals surface area contributed by atoms with E-state index in [1.807, 2.05) is 30.3 Å².